The molecule has 1 atom stereocenters. The second-order valence-electron chi connectivity index (χ2n) is 4.30. The number of rotatable bonds is 2. The van der Waals surface area contributed by atoms with E-state index in [1.54, 1.807) is 14.2 Å². The number of pyridine rings is 1. The molecule has 2 aromatic rings. The maximum absolute atomic E-state index is 5.44. The molecule has 1 aliphatic rings. The summed E-state index contributed by atoms with van der Waals surface area (Å²) >= 11 is 0. The first-order valence-electron chi connectivity index (χ1n) is 5.82. The summed E-state index contributed by atoms with van der Waals surface area (Å²) in [6, 6.07) is 4.03. The van der Waals surface area contributed by atoms with Gasteiger partial charge in [-0.15, -0.1) is 0 Å². The van der Waals surface area contributed by atoms with E-state index in [2.05, 4.69) is 24.3 Å². The minimum atomic E-state index is 0. The van der Waals surface area contributed by atoms with Crippen LogP contribution in [0.1, 0.15) is 5.56 Å². The second kappa shape index (κ2) is 5.07. The molecule has 1 aliphatic heterocycles. The first kappa shape index (κ1) is 13.6. The summed E-state index contributed by atoms with van der Waals surface area (Å²) in [7, 11) is 5.39. The van der Waals surface area contributed by atoms with Gasteiger partial charge >= 0.3 is 0 Å². The van der Waals surface area contributed by atoms with Crippen LogP contribution in [0.4, 0.5) is 5.69 Å². The lowest BCUT2D eigenvalue weighted by molar-refractivity contribution is -0.748. The zero-order valence-electron chi connectivity index (χ0n) is 11.0. The molecule has 5 heteroatoms. The molecule has 19 heavy (non-hydrogen) atoms. The minimum Gasteiger partial charge on any atom is -1.00 e. The Morgan fingerprint density at radius 1 is 1.21 bits per heavy atom. The van der Waals surface area contributed by atoms with Crippen molar-refractivity contribution >= 4 is 22.7 Å². The van der Waals surface area contributed by atoms with Gasteiger partial charge in [-0.2, -0.15) is 0 Å². The Kier molecular flexibility index (Phi) is 3.64. The van der Waals surface area contributed by atoms with Crippen molar-refractivity contribution in [2.45, 2.75) is 0 Å². The van der Waals surface area contributed by atoms with Crippen molar-refractivity contribution in [2.75, 3.05) is 21.3 Å². The van der Waals surface area contributed by atoms with Crippen LogP contribution in [-0.4, -0.2) is 26.3 Å². The van der Waals surface area contributed by atoms with E-state index in [-0.39, 0.29) is 12.4 Å². The molecule has 4 nitrogen and oxygen atoms in total. The highest BCUT2D eigenvalue weighted by Crippen LogP contribution is 2.39. The fraction of sp³-hybridized carbons (Fsp3) is 0.214. The first-order valence-corrected chi connectivity index (χ1v) is 5.82. The molecular weight excluding hydrogens is 264 g/mol. The molecule has 100 valence electrons. The minimum absolute atomic E-state index is 0. The zero-order chi connectivity index (χ0) is 12.7. The second-order valence-corrected chi connectivity index (χ2v) is 4.30. The summed E-state index contributed by atoms with van der Waals surface area (Å²) in [5.74, 6) is 1.41. The van der Waals surface area contributed by atoms with E-state index >= 15 is 0 Å². The Labute approximate surface area is 118 Å². The van der Waals surface area contributed by atoms with Gasteiger partial charge < -0.3 is 21.9 Å². The van der Waals surface area contributed by atoms with E-state index in [4.69, 9.17) is 9.47 Å². The Morgan fingerprint density at radius 3 is 2.68 bits per heavy atom. The summed E-state index contributed by atoms with van der Waals surface area (Å²) < 4.78 is 10.8. The van der Waals surface area contributed by atoms with Gasteiger partial charge in [0.25, 0.3) is 0 Å². The number of quaternary nitrogens is 1. The predicted molar refractivity (Wildman–Crippen MR) is 70.4 cm³/mol. The molecular formula is C14H15ClN2O2. The number of ether oxygens (including phenoxy) is 2. The molecule has 0 bridgehead atoms. The lowest BCUT2D eigenvalue weighted by Gasteiger charge is -2.19. The van der Waals surface area contributed by atoms with Gasteiger partial charge in [0, 0.05) is 12.3 Å². The van der Waals surface area contributed by atoms with Crippen molar-refractivity contribution in [2.24, 2.45) is 0 Å². The highest BCUT2D eigenvalue weighted by atomic mass is 35.5. The van der Waals surface area contributed by atoms with E-state index in [0.29, 0.717) is 11.5 Å². The molecule has 0 amide bonds. The SMILES string of the molecule is COc1cc2c3c(ccnc3c1OC)[NH+](C)C=C2.[Cl-]. The Hall–Kier alpha value is -1.78. The third kappa shape index (κ3) is 1.93. The van der Waals surface area contributed by atoms with E-state index in [9.17, 15) is 0 Å². The van der Waals surface area contributed by atoms with E-state index in [1.807, 2.05) is 18.3 Å². The quantitative estimate of drug-likeness (QED) is 0.718. The number of methoxy groups -OCH3 is 2. The van der Waals surface area contributed by atoms with Crippen LogP contribution in [0.25, 0.3) is 17.0 Å². The molecule has 1 N–H and O–H groups in total. The fourth-order valence-electron chi connectivity index (χ4n) is 2.44. The normalized spacial score (nSPS) is 16.1. The van der Waals surface area contributed by atoms with E-state index < -0.39 is 0 Å². The van der Waals surface area contributed by atoms with Crippen molar-refractivity contribution in [1.29, 1.82) is 0 Å². The van der Waals surface area contributed by atoms with Crippen LogP contribution in [0.2, 0.25) is 0 Å². The van der Waals surface area contributed by atoms with Crippen molar-refractivity contribution in [1.82, 2.24) is 4.98 Å². The average molecular weight is 279 g/mol. The number of nitrogens with one attached hydrogen (secondary N) is 1. The molecule has 1 unspecified atom stereocenters. The van der Waals surface area contributed by atoms with Crippen LogP contribution >= 0.6 is 0 Å². The largest absolute Gasteiger partial charge is 1.00 e. The van der Waals surface area contributed by atoms with E-state index in [1.165, 1.54) is 10.6 Å². The van der Waals surface area contributed by atoms with Crippen LogP contribution in [0, 0.1) is 0 Å². The van der Waals surface area contributed by atoms with Gasteiger partial charge in [-0.3, -0.25) is 9.88 Å². The Balaban J connectivity index is 0.00000133. The third-order valence-corrected chi connectivity index (χ3v) is 3.33. The van der Waals surface area contributed by atoms with Gasteiger partial charge in [-0.05, 0) is 17.7 Å². The Morgan fingerprint density at radius 2 is 2.00 bits per heavy atom. The molecule has 0 radical (unpaired) electrons. The maximum atomic E-state index is 5.44. The summed E-state index contributed by atoms with van der Waals surface area (Å²) in [5.41, 5.74) is 3.18. The molecule has 1 aromatic carbocycles. The zero-order valence-corrected chi connectivity index (χ0v) is 11.8. The lowest BCUT2D eigenvalue weighted by Crippen LogP contribution is -3.00. The Bertz CT molecular complexity index is 655. The number of halogens is 1. The van der Waals surface area contributed by atoms with Gasteiger partial charge in [0.2, 0.25) is 0 Å². The molecule has 0 saturated carbocycles. The maximum Gasteiger partial charge on any atom is 0.187 e. The highest BCUT2D eigenvalue weighted by Gasteiger charge is 2.22. The molecule has 1 aromatic heterocycles. The topological polar surface area (TPSA) is 35.8 Å². The summed E-state index contributed by atoms with van der Waals surface area (Å²) in [4.78, 5) is 5.68. The molecule has 0 saturated heterocycles. The van der Waals surface area contributed by atoms with Gasteiger partial charge in [0.05, 0.1) is 32.9 Å². The summed E-state index contributed by atoms with van der Waals surface area (Å²) in [5, 5.41) is 1.13. The third-order valence-electron chi connectivity index (χ3n) is 3.33. The van der Waals surface area contributed by atoms with Crippen LogP contribution in [0.15, 0.2) is 24.5 Å². The van der Waals surface area contributed by atoms with Crippen molar-refractivity contribution in [3.8, 4) is 11.5 Å². The summed E-state index contributed by atoms with van der Waals surface area (Å²) in [6.45, 7) is 0. The van der Waals surface area contributed by atoms with Crippen molar-refractivity contribution in [3.05, 3.63) is 30.1 Å². The molecule has 3 rings (SSSR count). The predicted octanol–water partition coefficient (Wildman–Crippen LogP) is -1.61. The first-order chi connectivity index (χ1) is 8.76. The number of hydrogen-bond donors (Lipinski definition) is 1. The fourth-order valence-corrected chi connectivity index (χ4v) is 2.44. The highest BCUT2D eigenvalue weighted by molar-refractivity contribution is 6.00. The van der Waals surface area contributed by atoms with Crippen LogP contribution in [-0.2, 0) is 0 Å². The molecule has 0 spiro atoms. The number of benzene rings is 1. The van der Waals surface area contributed by atoms with Gasteiger partial charge in [0.1, 0.15) is 11.2 Å². The lowest BCUT2D eigenvalue weighted by atomic mass is 10.0. The number of nitrogens with zero attached hydrogens (tertiary/aromatic N) is 1. The monoisotopic (exact) mass is 278 g/mol. The van der Waals surface area contributed by atoms with Crippen molar-refractivity contribution < 1.29 is 26.8 Å². The van der Waals surface area contributed by atoms with Crippen LogP contribution in [0.3, 0.4) is 0 Å². The van der Waals surface area contributed by atoms with Gasteiger partial charge in [0.15, 0.2) is 11.5 Å². The molecule has 0 fully saturated rings. The van der Waals surface area contributed by atoms with Crippen molar-refractivity contribution in [3.63, 3.8) is 0 Å². The number of hydrogen-bond acceptors (Lipinski definition) is 3. The molecule has 2 heterocycles. The smallest absolute Gasteiger partial charge is 0.187 e. The van der Waals surface area contributed by atoms with Gasteiger partial charge in [-0.1, -0.05) is 0 Å². The van der Waals surface area contributed by atoms with Gasteiger partial charge in [-0.25, -0.2) is 0 Å². The van der Waals surface area contributed by atoms with Crippen LogP contribution < -0.4 is 26.8 Å². The van der Waals surface area contributed by atoms with E-state index in [0.717, 1.165) is 16.5 Å². The average Bonchev–Trinajstić information content (AvgIpc) is 2.42. The molecule has 0 aliphatic carbocycles. The standard InChI is InChI=1S/C14H14N2O2.ClH/c1-16-7-5-9-8-11(17-2)14(18-3)13-12(9)10(16)4-6-15-13;/h4-8H,1-3H3;1H. The summed E-state index contributed by atoms with van der Waals surface area (Å²) in [6.07, 6.45) is 6.02. The number of aromatic nitrogens is 1. The van der Waals surface area contributed by atoms with Crippen LogP contribution in [0.5, 0.6) is 11.5 Å².